The Bertz CT molecular complexity index is 1040. The van der Waals surface area contributed by atoms with E-state index in [0.717, 1.165) is 33.7 Å². The summed E-state index contributed by atoms with van der Waals surface area (Å²) in [5.41, 5.74) is 4.14. The van der Waals surface area contributed by atoms with Gasteiger partial charge in [0.2, 0.25) is 0 Å². The SMILES string of the molecule is Cc1cccc(OCc2nc3ccccc3n2Cc2ccc(F)cc2)c1. The summed E-state index contributed by atoms with van der Waals surface area (Å²) in [6.07, 6.45) is 0. The van der Waals surface area contributed by atoms with Crippen molar-refractivity contribution in [2.24, 2.45) is 0 Å². The van der Waals surface area contributed by atoms with Gasteiger partial charge in [-0.15, -0.1) is 0 Å². The van der Waals surface area contributed by atoms with Crippen molar-refractivity contribution in [1.82, 2.24) is 9.55 Å². The largest absolute Gasteiger partial charge is 0.486 e. The standard InChI is InChI=1S/C22H19FN2O/c1-16-5-4-6-19(13-16)26-15-22-24-20-7-2-3-8-21(20)25(22)14-17-9-11-18(23)12-10-17/h2-13H,14-15H2,1H3. The topological polar surface area (TPSA) is 27.1 Å². The molecule has 4 rings (SSSR count). The molecule has 130 valence electrons. The second kappa shape index (κ2) is 7.00. The number of imidazole rings is 1. The molecule has 0 bridgehead atoms. The lowest BCUT2D eigenvalue weighted by Gasteiger charge is -2.11. The molecule has 4 heteroatoms. The van der Waals surface area contributed by atoms with Crippen LogP contribution in [0.15, 0.2) is 72.8 Å². The number of aromatic nitrogens is 2. The van der Waals surface area contributed by atoms with Crippen LogP contribution in [-0.2, 0) is 13.2 Å². The number of halogens is 1. The summed E-state index contributed by atoms with van der Waals surface area (Å²) in [6.45, 7) is 3.03. The molecular weight excluding hydrogens is 327 g/mol. The lowest BCUT2D eigenvalue weighted by atomic mass is 10.2. The van der Waals surface area contributed by atoms with Gasteiger partial charge in [0.15, 0.2) is 0 Å². The van der Waals surface area contributed by atoms with E-state index in [0.29, 0.717) is 13.2 Å². The van der Waals surface area contributed by atoms with Gasteiger partial charge in [-0.1, -0.05) is 36.4 Å². The van der Waals surface area contributed by atoms with E-state index >= 15 is 0 Å². The molecule has 0 aliphatic carbocycles. The molecule has 0 spiro atoms. The normalized spacial score (nSPS) is 11.0. The number of rotatable bonds is 5. The van der Waals surface area contributed by atoms with Crippen molar-refractivity contribution in [2.45, 2.75) is 20.1 Å². The molecule has 1 aromatic heterocycles. The molecule has 0 amide bonds. The van der Waals surface area contributed by atoms with Crippen molar-refractivity contribution < 1.29 is 9.13 Å². The Morgan fingerprint density at radius 3 is 2.58 bits per heavy atom. The Morgan fingerprint density at radius 1 is 0.962 bits per heavy atom. The summed E-state index contributed by atoms with van der Waals surface area (Å²) in [5, 5.41) is 0. The highest BCUT2D eigenvalue weighted by Gasteiger charge is 2.12. The third-order valence-corrected chi connectivity index (χ3v) is 4.35. The summed E-state index contributed by atoms with van der Waals surface area (Å²) < 4.78 is 21.3. The fourth-order valence-corrected chi connectivity index (χ4v) is 3.04. The van der Waals surface area contributed by atoms with Gasteiger partial charge in [-0.3, -0.25) is 0 Å². The van der Waals surface area contributed by atoms with Crippen LogP contribution in [0.2, 0.25) is 0 Å². The van der Waals surface area contributed by atoms with Crippen LogP contribution in [0.5, 0.6) is 5.75 Å². The minimum Gasteiger partial charge on any atom is -0.486 e. The van der Waals surface area contributed by atoms with Crippen LogP contribution in [0.1, 0.15) is 17.0 Å². The molecule has 0 saturated heterocycles. The van der Waals surface area contributed by atoms with Gasteiger partial charge in [0.25, 0.3) is 0 Å². The molecule has 0 aliphatic heterocycles. The molecule has 0 unspecified atom stereocenters. The first-order valence-corrected chi connectivity index (χ1v) is 8.57. The van der Waals surface area contributed by atoms with Gasteiger partial charge in [0, 0.05) is 6.54 Å². The maximum Gasteiger partial charge on any atom is 0.148 e. The predicted octanol–water partition coefficient (Wildman–Crippen LogP) is 5.11. The number of nitrogens with zero attached hydrogens (tertiary/aromatic N) is 2. The third-order valence-electron chi connectivity index (χ3n) is 4.35. The zero-order valence-corrected chi connectivity index (χ0v) is 14.5. The van der Waals surface area contributed by atoms with E-state index in [4.69, 9.17) is 9.72 Å². The summed E-state index contributed by atoms with van der Waals surface area (Å²) in [7, 11) is 0. The smallest absolute Gasteiger partial charge is 0.148 e. The summed E-state index contributed by atoms with van der Waals surface area (Å²) in [6, 6.07) is 22.5. The quantitative estimate of drug-likeness (QED) is 0.502. The molecule has 1 heterocycles. The average molecular weight is 346 g/mol. The molecule has 3 aromatic carbocycles. The zero-order chi connectivity index (χ0) is 17.9. The highest BCUT2D eigenvalue weighted by atomic mass is 19.1. The zero-order valence-electron chi connectivity index (χ0n) is 14.5. The first-order chi connectivity index (χ1) is 12.7. The lowest BCUT2D eigenvalue weighted by molar-refractivity contribution is 0.291. The number of aryl methyl sites for hydroxylation is 1. The molecule has 0 saturated carbocycles. The lowest BCUT2D eigenvalue weighted by Crippen LogP contribution is -2.08. The van der Waals surface area contributed by atoms with Crippen molar-refractivity contribution in [3.05, 3.63) is 95.6 Å². The predicted molar refractivity (Wildman–Crippen MR) is 101 cm³/mol. The summed E-state index contributed by atoms with van der Waals surface area (Å²) >= 11 is 0. The van der Waals surface area contributed by atoms with Crippen LogP contribution in [0.4, 0.5) is 4.39 Å². The van der Waals surface area contributed by atoms with Crippen molar-refractivity contribution in [3.8, 4) is 5.75 Å². The van der Waals surface area contributed by atoms with Crippen LogP contribution < -0.4 is 4.74 Å². The van der Waals surface area contributed by atoms with Crippen LogP contribution in [0.25, 0.3) is 11.0 Å². The molecule has 0 atom stereocenters. The minimum atomic E-state index is -0.229. The van der Waals surface area contributed by atoms with Crippen molar-refractivity contribution in [1.29, 1.82) is 0 Å². The van der Waals surface area contributed by atoms with E-state index in [2.05, 4.69) is 4.57 Å². The Kier molecular flexibility index (Phi) is 4.40. The fourth-order valence-electron chi connectivity index (χ4n) is 3.04. The van der Waals surface area contributed by atoms with E-state index in [9.17, 15) is 4.39 Å². The van der Waals surface area contributed by atoms with E-state index in [1.54, 1.807) is 12.1 Å². The molecule has 0 N–H and O–H groups in total. The van der Waals surface area contributed by atoms with Gasteiger partial charge < -0.3 is 9.30 Å². The molecule has 26 heavy (non-hydrogen) atoms. The number of ether oxygens (including phenoxy) is 1. The number of para-hydroxylation sites is 2. The Morgan fingerprint density at radius 2 is 1.77 bits per heavy atom. The van der Waals surface area contributed by atoms with Crippen LogP contribution in [0.3, 0.4) is 0 Å². The minimum absolute atomic E-state index is 0.229. The van der Waals surface area contributed by atoms with Gasteiger partial charge in [0.1, 0.15) is 24.0 Å². The van der Waals surface area contributed by atoms with Crippen LogP contribution >= 0.6 is 0 Å². The van der Waals surface area contributed by atoms with Crippen LogP contribution in [-0.4, -0.2) is 9.55 Å². The van der Waals surface area contributed by atoms with E-state index in [-0.39, 0.29) is 5.82 Å². The average Bonchev–Trinajstić information content (AvgIpc) is 3.00. The molecule has 0 radical (unpaired) electrons. The maximum atomic E-state index is 13.2. The Hall–Kier alpha value is -3.14. The monoisotopic (exact) mass is 346 g/mol. The summed E-state index contributed by atoms with van der Waals surface area (Å²) in [4.78, 5) is 4.73. The van der Waals surface area contributed by atoms with E-state index in [1.807, 2.05) is 55.5 Å². The fraction of sp³-hybridized carbons (Fsp3) is 0.136. The Balaban J connectivity index is 1.65. The van der Waals surface area contributed by atoms with Gasteiger partial charge in [-0.25, -0.2) is 9.37 Å². The highest BCUT2D eigenvalue weighted by Crippen LogP contribution is 2.20. The first-order valence-electron chi connectivity index (χ1n) is 8.57. The van der Waals surface area contributed by atoms with Gasteiger partial charge >= 0.3 is 0 Å². The van der Waals surface area contributed by atoms with Crippen LogP contribution in [0, 0.1) is 12.7 Å². The second-order valence-corrected chi connectivity index (χ2v) is 6.33. The van der Waals surface area contributed by atoms with Gasteiger partial charge in [-0.05, 0) is 54.4 Å². The number of hydrogen-bond donors (Lipinski definition) is 0. The van der Waals surface area contributed by atoms with Crippen molar-refractivity contribution >= 4 is 11.0 Å². The van der Waals surface area contributed by atoms with E-state index in [1.165, 1.54) is 12.1 Å². The van der Waals surface area contributed by atoms with Gasteiger partial charge in [0.05, 0.1) is 11.0 Å². The molecule has 4 aromatic rings. The maximum absolute atomic E-state index is 13.2. The number of benzene rings is 3. The number of fused-ring (bicyclic) bond motifs is 1. The van der Waals surface area contributed by atoms with E-state index < -0.39 is 0 Å². The second-order valence-electron chi connectivity index (χ2n) is 6.33. The van der Waals surface area contributed by atoms with Crippen molar-refractivity contribution in [2.75, 3.05) is 0 Å². The summed E-state index contributed by atoms with van der Waals surface area (Å²) in [5.74, 6) is 1.44. The van der Waals surface area contributed by atoms with Crippen molar-refractivity contribution in [3.63, 3.8) is 0 Å². The first kappa shape index (κ1) is 16.3. The molecular formula is C22H19FN2O. The third kappa shape index (κ3) is 3.45. The molecule has 0 fully saturated rings. The highest BCUT2D eigenvalue weighted by molar-refractivity contribution is 5.76. The molecule has 3 nitrogen and oxygen atoms in total. The Labute approximate surface area is 151 Å². The molecule has 0 aliphatic rings. The number of hydrogen-bond acceptors (Lipinski definition) is 2. The van der Waals surface area contributed by atoms with Gasteiger partial charge in [-0.2, -0.15) is 0 Å².